The molecule has 11 nitrogen and oxygen atoms in total. The topological polar surface area (TPSA) is 165 Å². The highest BCUT2D eigenvalue weighted by molar-refractivity contribution is 14.1. The molecule has 0 atom stereocenters. The molecule has 6 N–H and O–H groups in total. The molecule has 3 radical (unpaired) electrons. The van der Waals surface area contributed by atoms with Crippen LogP contribution in [0.2, 0.25) is 0 Å². The number of carbonyl (C=O) groups excluding carboxylic acids is 1. The Bertz CT molecular complexity index is 1840. The molecule has 237 valence electrons. The number of nitrogen functional groups attached to an aromatic ring is 3. The van der Waals surface area contributed by atoms with Crippen LogP contribution in [0.5, 0.6) is 5.75 Å². The Balaban J connectivity index is 0.000000335. The van der Waals surface area contributed by atoms with Crippen LogP contribution in [-0.2, 0) is 11.2 Å². The van der Waals surface area contributed by atoms with Gasteiger partial charge in [-0.2, -0.15) is 0 Å². The van der Waals surface area contributed by atoms with Gasteiger partial charge in [0.2, 0.25) is 11.4 Å². The number of esters is 1. The highest BCUT2D eigenvalue weighted by Crippen LogP contribution is 2.18. The fraction of sp³-hybridized carbons (Fsp3) is 0.0333. The first-order valence-corrected chi connectivity index (χ1v) is 13.5. The van der Waals surface area contributed by atoms with Gasteiger partial charge in [0.1, 0.15) is 46.5 Å². The van der Waals surface area contributed by atoms with Crippen LogP contribution in [0.3, 0.4) is 0 Å². The predicted molar refractivity (Wildman–Crippen MR) is 177 cm³/mol. The number of benzene rings is 1. The Labute approximate surface area is 282 Å². The third kappa shape index (κ3) is 14.7. The zero-order valence-corrected chi connectivity index (χ0v) is 26.1. The summed E-state index contributed by atoms with van der Waals surface area (Å²) in [7, 11) is 0. The van der Waals surface area contributed by atoms with Gasteiger partial charge in [-0.3, -0.25) is 14.8 Å². The van der Waals surface area contributed by atoms with Crippen LogP contribution >= 0.6 is 22.6 Å². The normalized spacial score (nSPS) is 9.17. The van der Waals surface area contributed by atoms with Crippen molar-refractivity contribution in [1.82, 2.24) is 19.9 Å². The standard InChI is InChI=1S/C14H9FN2O2.C6H4FN3.C5H4FIN2.C5H5FN2.B/c1-16-13-9-17-10(7-12(13)15)8-14(18)19-11-5-3-2-4-6-11;1-9-5-3-10-6(8)2-4(5)7;6-3-1-5(8)9-2-4(3)7;6-4-1-2-8-5(7)3-4;/h2-7,9H,8H2;2-3H,(H2,8,10);1-2H,(H2,8,9);1-3H,(H2,7,8);. The van der Waals surface area contributed by atoms with Gasteiger partial charge in [0, 0.05) is 51.4 Å². The van der Waals surface area contributed by atoms with Gasteiger partial charge in [-0.1, -0.05) is 18.2 Å². The number of carbonyl (C=O) groups is 1. The third-order valence-electron chi connectivity index (χ3n) is 4.86. The van der Waals surface area contributed by atoms with E-state index >= 15 is 0 Å². The van der Waals surface area contributed by atoms with Crippen molar-refractivity contribution in [2.24, 2.45) is 0 Å². The van der Waals surface area contributed by atoms with Crippen molar-refractivity contribution < 1.29 is 27.1 Å². The summed E-state index contributed by atoms with van der Waals surface area (Å²) in [5.41, 5.74) is 15.4. The maximum absolute atomic E-state index is 13.3. The van der Waals surface area contributed by atoms with E-state index in [4.69, 9.17) is 35.1 Å². The summed E-state index contributed by atoms with van der Waals surface area (Å²) in [6.07, 6.45) is 4.78. The quantitative estimate of drug-likeness (QED) is 0.0493. The van der Waals surface area contributed by atoms with E-state index in [-0.39, 0.29) is 61.0 Å². The molecule has 0 aliphatic carbocycles. The van der Waals surface area contributed by atoms with E-state index in [9.17, 15) is 22.4 Å². The number of ether oxygens (including phenoxy) is 1. The zero-order valence-electron chi connectivity index (χ0n) is 24.0. The van der Waals surface area contributed by atoms with Crippen LogP contribution in [0.25, 0.3) is 9.69 Å². The van der Waals surface area contributed by atoms with Gasteiger partial charge in [0.05, 0.1) is 28.8 Å². The summed E-state index contributed by atoms with van der Waals surface area (Å²) >= 11 is 1.85. The minimum atomic E-state index is -0.687. The average molecular weight is 754 g/mol. The van der Waals surface area contributed by atoms with E-state index in [1.165, 1.54) is 30.6 Å². The molecule has 5 rings (SSSR count). The zero-order chi connectivity index (χ0) is 34.1. The summed E-state index contributed by atoms with van der Waals surface area (Å²) in [6.45, 7) is 13.2. The van der Waals surface area contributed by atoms with Gasteiger partial charge >= 0.3 is 5.97 Å². The highest BCUT2D eigenvalue weighted by Gasteiger charge is 2.10. The van der Waals surface area contributed by atoms with Crippen LogP contribution in [-0.4, -0.2) is 34.3 Å². The second-order valence-corrected chi connectivity index (χ2v) is 9.46. The van der Waals surface area contributed by atoms with Crippen molar-refractivity contribution in [3.63, 3.8) is 0 Å². The van der Waals surface area contributed by atoms with E-state index < -0.39 is 17.6 Å². The van der Waals surface area contributed by atoms with Crippen molar-refractivity contribution in [2.45, 2.75) is 6.42 Å². The Morgan fingerprint density at radius 1 is 0.745 bits per heavy atom. The van der Waals surface area contributed by atoms with Gasteiger partial charge in [0.25, 0.3) is 0 Å². The van der Waals surface area contributed by atoms with Gasteiger partial charge < -0.3 is 21.9 Å². The molecule has 0 saturated heterocycles. The molecule has 0 unspecified atom stereocenters. The summed E-state index contributed by atoms with van der Waals surface area (Å²) in [5, 5.41) is 0. The van der Waals surface area contributed by atoms with Crippen molar-refractivity contribution in [3.8, 4) is 5.75 Å². The molecule has 4 heterocycles. The van der Waals surface area contributed by atoms with Crippen LogP contribution in [0.15, 0.2) is 85.5 Å². The van der Waals surface area contributed by atoms with Gasteiger partial charge in [-0.15, -0.1) is 0 Å². The Kier molecular flexibility index (Phi) is 16.9. The number of halogens is 5. The number of hydrogen-bond donors (Lipinski definition) is 3. The average Bonchev–Trinajstić information content (AvgIpc) is 3.01. The van der Waals surface area contributed by atoms with Crippen molar-refractivity contribution >= 4 is 65.8 Å². The number of aromatic nitrogens is 4. The molecule has 0 bridgehead atoms. The first-order valence-electron chi connectivity index (χ1n) is 12.4. The lowest BCUT2D eigenvalue weighted by molar-refractivity contribution is -0.133. The molecule has 0 fully saturated rings. The fourth-order valence-corrected chi connectivity index (χ4v) is 3.11. The van der Waals surface area contributed by atoms with Gasteiger partial charge in [-0.05, 0) is 46.9 Å². The van der Waals surface area contributed by atoms with E-state index in [1.54, 1.807) is 30.3 Å². The molecule has 0 spiro atoms. The van der Waals surface area contributed by atoms with Gasteiger partial charge in [0.15, 0.2) is 0 Å². The number of nitrogens with zero attached hydrogens (tertiary/aromatic N) is 6. The first kappa shape index (κ1) is 39.2. The molecule has 0 amide bonds. The minimum absolute atomic E-state index is 0. The van der Waals surface area contributed by atoms with Crippen LogP contribution in [0, 0.1) is 40.0 Å². The number of nitrogens with two attached hydrogens (primary N) is 3. The molecular formula is C30H22BF4IN9O2. The minimum Gasteiger partial charge on any atom is -0.426 e. The SMILES string of the molecule is Nc1cc(F)c(I)cn1.Nc1cc(F)ccn1.[B].[C-]#[N+]c1cnc(CC(=O)Oc2ccccc2)cc1F.[C-]#[N+]c1cnc(N)cc1F. The molecule has 5 aromatic rings. The van der Waals surface area contributed by atoms with Crippen LogP contribution in [0.4, 0.5) is 46.4 Å². The smallest absolute Gasteiger partial charge is 0.317 e. The molecule has 0 saturated carbocycles. The fourth-order valence-electron chi connectivity index (χ4n) is 2.82. The maximum Gasteiger partial charge on any atom is 0.317 e. The lowest BCUT2D eigenvalue weighted by atomic mass is 10.2. The third-order valence-corrected chi connectivity index (χ3v) is 5.65. The number of para-hydroxylation sites is 1. The number of anilines is 3. The van der Waals surface area contributed by atoms with Crippen LogP contribution < -0.4 is 21.9 Å². The lowest BCUT2D eigenvalue weighted by Gasteiger charge is -2.04. The molecule has 17 heteroatoms. The van der Waals surface area contributed by atoms with Gasteiger partial charge in [-0.25, -0.2) is 37.2 Å². The molecular weight excluding hydrogens is 732 g/mol. The molecule has 0 aliphatic heterocycles. The summed E-state index contributed by atoms with van der Waals surface area (Å²) in [4.78, 5) is 32.0. The number of hydrogen-bond acceptors (Lipinski definition) is 9. The second-order valence-electron chi connectivity index (χ2n) is 8.30. The Hall–Kier alpha value is -5.82. The highest BCUT2D eigenvalue weighted by atomic mass is 127. The monoisotopic (exact) mass is 754 g/mol. The molecule has 0 aliphatic rings. The predicted octanol–water partition coefficient (Wildman–Crippen LogP) is 6.10. The number of rotatable bonds is 3. The molecule has 1 aromatic carbocycles. The summed E-state index contributed by atoms with van der Waals surface area (Å²) < 4.78 is 55.9. The van der Waals surface area contributed by atoms with E-state index in [0.29, 0.717) is 9.32 Å². The summed E-state index contributed by atoms with van der Waals surface area (Å²) in [5.74, 6) is -1.57. The molecule has 47 heavy (non-hydrogen) atoms. The number of pyridine rings is 4. The lowest BCUT2D eigenvalue weighted by Crippen LogP contribution is -2.12. The maximum atomic E-state index is 13.3. The van der Waals surface area contributed by atoms with Crippen LogP contribution in [0.1, 0.15) is 5.69 Å². The van der Waals surface area contributed by atoms with Crippen molar-refractivity contribution in [3.05, 3.63) is 141 Å². The van der Waals surface area contributed by atoms with E-state index in [2.05, 4.69) is 29.6 Å². The second kappa shape index (κ2) is 20.3. The van der Waals surface area contributed by atoms with E-state index in [0.717, 1.165) is 24.5 Å². The van der Waals surface area contributed by atoms with E-state index in [1.807, 2.05) is 22.6 Å². The summed E-state index contributed by atoms with van der Waals surface area (Å²) in [6, 6.07) is 14.3. The Morgan fingerprint density at radius 3 is 1.74 bits per heavy atom. The largest absolute Gasteiger partial charge is 0.426 e. The first-order chi connectivity index (χ1) is 21.9. The van der Waals surface area contributed by atoms with Crippen molar-refractivity contribution in [1.29, 1.82) is 0 Å². The molecule has 4 aromatic heterocycles. The Morgan fingerprint density at radius 2 is 1.28 bits per heavy atom. The van der Waals surface area contributed by atoms with Crippen molar-refractivity contribution in [2.75, 3.05) is 17.2 Å².